The van der Waals surface area contributed by atoms with Gasteiger partial charge in [0.15, 0.2) is 0 Å². The second-order valence-corrected chi connectivity index (χ2v) is 7.89. The van der Waals surface area contributed by atoms with Gasteiger partial charge in [-0.15, -0.1) is 0 Å². The predicted molar refractivity (Wildman–Crippen MR) is 92.7 cm³/mol. The van der Waals surface area contributed by atoms with Crippen LogP contribution >= 0.6 is 11.6 Å². The van der Waals surface area contributed by atoms with Crippen LogP contribution in [0.2, 0.25) is 5.02 Å². The molecule has 0 radical (unpaired) electrons. The van der Waals surface area contributed by atoms with Crippen molar-refractivity contribution < 1.29 is 26.4 Å². The first-order valence-electron chi connectivity index (χ1n) is 7.26. The smallest absolute Gasteiger partial charge is 0.369 e. The molecule has 0 aliphatic carbocycles. The van der Waals surface area contributed by atoms with Crippen molar-refractivity contribution in [1.82, 2.24) is 9.88 Å². The molecule has 1 aromatic carbocycles. The van der Waals surface area contributed by atoms with E-state index >= 15 is 0 Å². The van der Waals surface area contributed by atoms with Crippen molar-refractivity contribution >= 4 is 33.7 Å². The minimum absolute atomic E-state index is 0.239. The van der Waals surface area contributed by atoms with Gasteiger partial charge in [0.2, 0.25) is 9.84 Å². The Morgan fingerprint density at radius 3 is 2.33 bits per heavy atom. The summed E-state index contributed by atoms with van der Waals surface area (Å²) >= 11 is 5.71. The zero-order chi connectivity index (χ0) is 20.4. The van der Waals surface area contributed by atoms with Crippen molar-refractivity contribution in [3.8, 4) is 0 Å². The molecule has 11 heteroatoms. The zero-order valence-corrected chi connectivity index (χ0v) is 15.6. The molecule has 2 aromatic rings. The zero-order valence-electron chi connectivity index (χ0n) is 14.0. The van der Waals surface area contributed by atoms with Gasteiger partial charge in [0.1, 0.15) is 10.6 Å². The van der Waals surface area contributed by atoms with Crippen LogP contribution in [-0.4, -0.2) is 44.6 Å². The molecule has 2 rings (SSSR count). The van der Waals surface area contributed by atoms with Gasteiger partial charge in [0.05, 0.1) is 16.8 Å². The summed E-state index contributed by atoms with van der Waals surface area (Å²) in [6, 6.07) is 5.14. The number of amides is 1. The van der Waals surface area contributed by atoms with E-state index in [-0.39, 0.29) is 9.92 Å². The van der Waals surface area contributed by atoms with E-state index in [4.69, 9.17) is 11.6 Å². The van der Waals surface area contributed by atoms with Crippen LogP contribution in [0.25, 0.3) is 0 Å². The van der Waals surface area contributed by atoms with Gasteiger partial charge < -0.3 is 4.90 Å². The number of alkyl halides is 3. The number of halogens is 4. The SMILES string of the molecule is CN(C)C=NC(=O)c1ncc(C(F)(F)F)cc1S(=O)(=O)c1ccc(Cl)cc1. The quantitative estimate of drug-likeness (QED) is 0.561. The number of aliphatic imine (C=N–C) groups is 1. The normalized spacial score (nSPS) is 12.4. The van der Waals surface area contributed by atoms with E-state index in [2.05, 4.69) is 9.98 Å². The highest BCUT2D eigenvalue weighted by Gasteiger charge is 2.35. The van der Waals surface area contributed by atoms with Crippen LogP contribution in [0.3, 0.4) is 0 Å². The maximum atomic E-state index is 13.0. The Morgan fingerprint density at radius 1 is 1.22 bits per heavy atom. The largest absolute Gasteiger partial charge is 0.417 e. The van der Waals surface area contributed by atoms with E-state index in [0.29, 0.717) is 12.3 Å². The molecule has 0 unspecified atom stereocenters. The maximum absolute atomic E-state index is 13.0. The molecule has 1 heterocycles. The maximum Gasteiger partial charge on any atom is 0.417 e. The van der Waals surface area contributed by atoms with Gasteiger partial charge in [-0.3, -0.25) is 4.79 Å². The lowest BCUT2D eigenvalue weighted by Gasteiger charge is -2.12. The lowest BCUT2D eigenvalue weighted by Crippen LogP contribution is -2.16. The van der Waals surface area contributed by atoms with E-state index in [9.17, 15) is 26.4 Å². The number of carbonyl (C=O) groups excluding carboxylic acids is 1. The fraction of sp³-hybridized carbons (Fsp3) is 0.188. The van der Waals surface area contributed by atoms with Gasteiger partial charge in [-0.05, 0) is 30.3 Å². The van der Waals surface area contributed by atoms with Crippen LogP contribution in [0, 0.1) is 0 Å². The number of sulfone groups is 1. The van der Waals surface area contributed by atoms with Crippen LogP contribution in [-0.2, 0) is 16.0 Å². The van der Waals surface area contributed by atoms with Gasteiger partial charge in [-0.25, -0.2) is 13.4 Å². The third-order valence-corrected chi connectivity index (χ3v) is 5.24. The van der Waals surface area contributed by atoms with Gasteiger partial charge in [-0.2, -0.15) is 18.2 Å². The second kappa shape index (κ2) is 7.65. The lowest BCUT2D eigenvalue weighted by molar-refractivity contribution is -0.138. The molecule has 6 nitrogen and oxygen atoms in total. The Morgan fingerprint density at radius 2 is 1.81 bits per heavy atom. The number of pyridine rings is 1. The molecule has 0 bridgehead atoms. The fourth-order valence-corrected chi connectivity index (χ4v) is 3.49. The molecule has 0 spiro atoms. The van der Waals surface area contributed by atoms with Gasteiger partial charge in [0, 0.05) is 25.3 Å². The fourth-order valence-electron chi connectivity index (χ4n) is 1.93. The van der Waals surface area contributed by atoms with Crippen LogP contribution in [0.15, 0.2) is 51.3 Å². The Kier molecular flexibility index (Phi) is 5.91. The number of hydrogen-bond acceptors (Lipinski definition) is 4. The van der Waals surface area contributed by atoms with E-state index in [1.54, 1.807) is 14.1 Å². The number of nitrogens with zero attached hydrogens (tertiary/aromatic N) is 3. The number of benzene rings is 1. The highest BCUT2D eigenvalue weighted by atomic mass is 35.5. The summed E-state index contributed by atoms with van der Waals surface area (Å²) in [6.45, 7) is 0. The highest BCUT2D eigenvalue weighted by molar-refractivity contribution is 7.91. The molecule has 0 saturated carbocycles. The first kappa shape index (κ1) is 20.8. The van der Waals surface area contributed by atoms with E-state index in [0.717, 1.165) is 18.5 Å². The molecule has 0 fully saturated rings. The topological polar surface area (TPSA) is 79.7 Å². The molecule has 0 aliphatic rings. The predicted octanol–water partition coefficient (Wildman–Crippen LogP) is 3.32. The van der Waals surface area contributed by atoms with Crippen LogP contribution in [0.5, 0.6) is 0 Å². The number of aromatic nitrogens is 1. The van der Waals surface area contributed by atoms with E-state index < -0.39 is 38.1 Å². The van der Waals surface area contributed by atoms with Crippen molar-refractivity contribution in [2.75, 3.05) is 14.1 Å². The van der Waals surface area contributed by atoms with E-state index in [1.165, 1.54) is 17.0 Å². The molecule has 1 amide bonds. The summed E-state index contributed by atoms with van der Waals surface area (Å²) in [5.41, 5.74) is -2.01. The third-order valence-electron chi connectivity index (χ3n) is 3.20. The molecular formula is C16H13ClF3N3O3S. The Bertz CT molecular complexity index is 988. The van der Waals surface area contributed by atoms with Crippen LogP contribution < -0.4 is 0 Å². The standard InChI is InChI=1S/C16H13ClF3N3O3S/c1-23(2)9-22-15(24)14-13(7-10(8-21-14)16(18,19)20)27(25,26)12-5-3-11(17)4-6-12/h3-9H,1-2H3. The van der Waals surface area contributed by atoms with E-state index in [1.807, 2.05) is 0 Å². The number of rotatable bonds is 4. The molecule has 27 heavy (non-hydrogen) atoms. The second-order valence-electron chi connectivity index (χ2n) is 5.54. The van der Waals surface area contributed by atoms with Gasteiger partial charge in [0.25, 0.3) is 5.91 Å². The summed E-state index contributed by atoms with van der Waals surface area (Å²) in [5.74, 6) is -1.09. The van der Waals surface area contributed by atoms with Crippen molar-refractivity contribution in [2.24, 2.45) is 4.99 Å². The third kappa shape index (κ3) is 4.83. The van der Waals surface area contributed by atoms with Crippen molar-refractivity contribution in [1.29, 1.82) is 0 Å². The molecule has 1 aromatic heterocycles. The van der Waals surface area contributed by atoms with Crippen LogP contribution in [0.4, 0.5) is 13.2 Å². The molecule has 0 saturated heterocycles. The van der Waals surface area contributed by atoms with Crippen molar-refractivity contribution in [3.63, 3.8) is 0 Å². The minimum atomic E-state index is -4.84. The monoisotopic (exact) mass is 419 g/mol. The van der Waals surface area contributed by atoms with Crippen molar-refractivity contribution in [3.05, 3.63) is 52.8 Å². The summed E-state index contributed by atoms with van der Waals surface area (Å²) in [5, 5.41) is 0.239. The lowest BCUT2D eigenvalue weighted by atomic mass is 10.2. The van der Waals surface area contributed by atoms with Crippen molar-refractivity contribution in [2.45, 2.75) is 16.0 Å². The molecule has 0 aliphatic heterocycles. The summed E-state index contributed by atoms with van der Waals surface area (Å²) in [4.78, 5) is 19.3. The Labute approximate surface area is 158 Å². The molecule has 0 atom stereocenters. The van der Waals surface area contributed by atoms with Gasteiger partial charge >= 0.3 is 6.18 Å². The molecular weight excluding hydrogens is 407 g/mol. The molecule has 144 valence electrons. The Balaban J connectivity index is 2.69. The summed E-state index contributed by atoms with van der Waals surface area (Å²) in [6.07, 6.45) is -3.37. The van der Waals surface area contributed by atoms with Gasteiger partial charge in [-0.1, -0.05) is 11.6 Å². The summed E-state index contributed by atoms with van der Waals surface area (Å²) < 4.78 is 64.7. The minimum Gasteiger partial charge on any atom is -0.369 e. The first-order valence-corrected chi connectivity index (χ1v) is 9.12. The van der Waals surface area contributed by atoms with Crippen LogP contribution in [0.1, 0.15) is 16.1 Å². The highest BCUT2D eigenvalue weighted by Crippen LogP contribution is 2.33. The first-order chi connectivity index (χ1) is 12.4. The molecule has 0 N–H and O–H groups in total. The average molecular weight is 420 g/mol. The number of carbonyl (C=O) groups is 1. The Hall–Kier alpha value is -2.46. The number of hydrogen-bond donors (Lipinski definition) is 0. The summed E-state index contributed by atoms with van der Waals surface area (Å²) in [7, 11) is -1.37. The average Bonchev–Trinajstić information content (AvgIpc) is 2.58.